The van der Waals surface area contributed by atoms with Crippen molar-refractivity contribution < 1.29 is 0 Å². The smallest absolute Gasteiger partial charge is 0.233 e. The van der Waals surface area contributed by atoms with Gasteiger partial charge in [0, 0.05) is 67.8 Å². The van der Waals surface area contributed by atoms with Crippen LogP contribution in [0, 0.1) is 0 Å². The third kappa shape index (κ3) is 2.91. The fourth-order valence-corrected chi connectivity index (χ4v) is 3.93. The topological polar surface area (TPSA) is 80.5 Å². The Hall–Kier alpha value is -3.26. The van der Waals surface area contributed by atoms with Crippen LogP contribution in [0.3, 0.4) is 0 Å². The van der Waals surface area contributed by atoms with Gasteiger partial charge < -0.3 is 4.98 Å². The van der Waals surface area contributed by atoms with E-state index in [1.807, 2.05) is 29.2 Å². The minimum absolute atomic E-state index is 0.0267. The lowest BCUT2D eigenvalue weighted by atomic mass is 9.99. The van der Waals surface area contributed by atoms with Crippen LogP contribution in [0.25, 0.3) is 5.95 Å². The summed E-state index contributed by atoms with van der Waals surface area (Å²) >= 11 is 0. The molecule has 1 N–H and O–H groups in total. The highest BCUT2D eigenvalue weighted by molar-refractivity contribution is 5.33. The maximum atomic E-state index is 4.67. The van der Waals surface area contributed by atoms with Gasteiger partial charge in [0.2, 0.25) is 5.95 Å². The minimum atomic E-state index is 0.0267. The lowest BCUT2D eigenvalue weighted by Gasteiger charge is -2.35. The van der Waals surface area contributed by atoms with E-state index in [9.17, 15) is 0 Å². The molecule has 4 aromatic rings. The third-order valence-electron chi connectivity index (χ3n) is 5.25. The van der Waals surface area contributed by atoms with Crippen LogP contribution in [0.4, 0.5) is 0 Å². The van der Waals surface area contributed by atoms with E-state index in [4.69, 9.17) is 0 Å². The van der Waals surface area contributed by atoms with Crippen LogP contribution in [-0.2, 0) is 19.5 Å². The van der Waals surface area contributed by atoms with E-state index in [1.165, 1.54) is 11.3 Å². The minimum Gasteiger partial charge on any atom is -0.348 e. The molecule has 5 rings (SSSR count). The summed E-state index contributed by atoms with van der Waals surface area (Å²) in [5, 5.41) is 4.43. The summed E-state index contributed by atoms with van der Waals surface area (Å²) in [6, 6.07) is 6.03. The number of aromatic nitrogens is 7. The first-order valence-electron chi connectivity index (χ1n) is 9.55. The predicted molar refractivity (Wildman–Crippen MR) is 104 cm³/mol. The maximum Gasteiger partial charge on any atom is 0.233 e. The van der Waals surface area contributed by atoms with Crippen molar-refractivity contribution in [2.24, 2.45) is 0 Å². The first-order chi connectivity index (χ1) is 13.8. The van der Waals surface area contributed by atoms with Gasteiger partial charge in [-0.1, -0.05) is 0 Å². The molecule has 1 atom stereocenters. The summed E-state index contributed by atoms with van der Waals surface area (Å²) in [4.78, 5) is 19.3. The molecule has 5 heterocycles. The van der Waals surface area contributed by atoms with Gasteiger partial charge in [-0.15, -0.1) is 0 Å². The Bertz CT molecular complexity index is 1060. The number of hydrogen-bond donors (Lipinski definition) is 1. The molecule has 0 radical (unpaired) electrons. The van der Waals surface area contributed by atoms with Crippen LogP contribution in [0.15, 0.2) is 55.5 Å². The summed E-state index contributed by atoms with van der Waals surface area (Å²) in [6.07, 6.45) is 12.4. The number of fused-ring (bicyclic) bond motifs is 1. The Balaban J connectivity index is 1.55. The van der Waals surface area contributed by atoms with Gasteiger partial charge in [-0.2, -0.15) is 5.10 Å². The highest BCUT2D eigenvalue weighted by Gasteiger charge is 2.33. The SMILES string of the molecule is CCn1cc(CN2CCc3[nH]cnc3C2c2cccn2-c2ncccn2)cn1. The molecule has 28 heavy (non-hydrogen) atoms. The van der Waals surface area contributed by atoms with Gasteiger partial charge in [-0.3, -0.25) is 14.1 Å². The van der Waals surface area contributed by atoms with Crippen molar-refractivity contribution in [3.63, 3.8) is 0 Å². The number of H-pyrrole nitrogens is 1. The summed E-state index contributed by atoms with van der Waals surface area (Å²) in [7, 11) is 0. The molecule has 0 fully saturated rings. The molecule has 1 aliphatic rings. The highest BCUT2D eigenvalue weighted by atomic mass is 15.3. The Labute approximate surface area is 162 Å². The van der Waals surface area contributed by atoms with Gasteiger partial charge in [0.1, 0.15) is 0 Å². The number of nitrogens with zero attached hydrogens (tertiary/aromatic N) is 7. The van der Waals surface area contributed by atoms with E-state index in [0.29, 0.717) is 5.95 Å². The fraction of sp³-hybridized carbons (Fsp3) is 0.300. The lowest BCUT2D eigenvalue weighted by molar-refractivity contribution is 0.195. The molecule has 0 aromatic carbocycles. The Kier molecular flexibility index (Phi) is 4.25. The van der Waals surface area contributed by atoms with E-state index >= 15 is 0 Å². The van der Waals surface area contributed by atoms with Crippen molar-refractivity contribution in [3.8, 4) is 5.95 Å². The molecule has 142 valence electrons. The summed E-state index contributed by atoms with van der Waals surface area (Å²) in [5.41, 5.74) is 4.60. The van der Waals surface area contributed by atoms with Crippen molar-refractivity contribution in [3.05, 3.63) is 78.2 Å². The van der Waals surface area contributed by atoms with Crippen molar-refractivity contribution in [2.75, 3.05) is 6.54 Å². The van der Waals surface area contributed by atoms with E-state index in [0.717, 1.165) is 37.4 Å². The number of hydrogen-bond acceptors (Lipinski definition) is 5. The molecule has 0 aliphatic carbocycles. The van der Waals surface area contributed by atoms with Crippen LogP contribution >= 0.6 is 0 Å². The average Bonchev–Trinajstić information content (AvgIpc) is 3.49. The zero-order valence-electron chi connectivity index (χ0n) is 15.7. The zero-order chi connectivity index (χ0) is 18.9. The Morgan fingerprint density at radius 1 is 1.18 bits per heavy atom. The van der Waals surface area contributed by atoms with Crippen molar-refractivity contribution >= 4 is 0 Å². The second-order valence-electron chi connectivity index (χ2n) is 6.95. The van der Waals surface area contributed by atoms with Crippen LogP contribution in [0.5, 0.6) is 0 Å². The summed E-state index contributed by atoms with van der Waals surface area (Å²) in [5.74, 6) is 0.670. The van der Waals surface area contributed by atoms with Gasteiger partial charge in [0.25, 0.3) is 0 Å². The maximum absolute atomic E-state index is 4.67. The molecule has 0 spiro atoms. The zero-order valence-corrected chi connectivity index (χ0v) is 15.7. The van der Waals surface area contributed by atoms with Crippen LogP contribution < -0.4 is 0 Å². The number of rotatable bonds is 5. The van der Waals surface area contributed by atoms with Crippen molar-refractivity contribution in [2.45, 2.75) is 32.5 Å². The number of aryl methyl sites for hydroxylation is 1. The molecular weight excluding hydrogens is 352 g/mol. The van der Waals surface area contributed by atoms with Gasteiger partial charge in [0.15, 0.2) is 0 Å². The molecule has 0 saturated heterocycles. The molecular formula is C20H22N8. The van der Waals surface area contributed by atoms with Crippen LogP contribution in [0.2, 0.25) is 0 Å². The second-order valence-corrected chi connectivity index (χ2v) is 6.95. The number of nitrogens with one attached hydrogen (secondary N) is 1. The lowest BCUT2D eigenvalue weighted by Crippen LogP contribution is -2.36. The molecule has 0 saturated carbocycles. The normalized spacial score (nSPS) is 17.0. The number of aromatic amines is 1. The molecule has 1 aliphatic heterocycles. The number of imidazole rings is 1. The monoisotopic (exact) mass is 374 g/mol. The standard InChI is InChI=1S/C20H22N8/c1-2-27-13-15(11-25-27)12-26-10-6-16-18(24-14-23-16)19(26)17-5-3-9-28(17)20-21-7-4-8-22-20/h3-5,7-9,11,13-14,19H,2,6,10,12H2,1H3,(H,23,24). The van der Waals surface area contributed by atoms with Gasteiger partial charge in [-0.05, 0) is 25.1 Å². The van der Waals surface area contributed by atoms with E-state index < -0.39 is 0 Å². The van der Waals surface area contributed by atoms with Gasteiger partial charge in [-0.25, -0.2) is 15.0 Å². The average molecular weight is 374 g/mol. The summed E-state index contributed by atoms with van der Waals surface area (Å²) < 4.78 is 4.02. The second kappa shape index (κ2) is 7.05. The van der Waals surface area contributed by atoms with E-state index in [-0.39, 0.29) is 6.04 Å². The first-order valence-corrected chi connectivity index (χ1v) is 9.55. The highest BCUT2D eigenvalue weighted by Crippen LogP contribution is 2.35. The van der Waals surface area contributed by atoms with Crippen molar-refractivity contribution in [1.82, 2.24) is 39.2 Å². The molecule has 8 nitrogen and oxygen atoms in total. The molecule has 0 bridgehead atoms. The Morgan fingerprint density at radius 3 is 2.89 bits per heavy atom. The quantitative estimate of drug-likeness (QED) is 0.580. The van der Waals surface area contributed by atoms with E-state index in [2.05, 4.69) is 53.7 Å². The largest absolute Gasteiger partial charge is 0.348 e. The van der Waals surface area contributed by atoms with Crippen molar-refractivity contribution in [1.29, 1.82) is 0 Å². The first kappa shape index (κ1) is 16.9. The molecule has 0 amide bonds. The van der Waals surface area contributed by atoms with Gasteiger partial charge >= 0.3 is 0 Å². The molecule has 8 heteroatoms. The van der Waals surface area contributed by atoms with E-state index in [1.54, 1.807) is 18.7 Å². The Morgan fingerprint density at radius 2 is 2.07 bits per heavy atom. The van der Waals surface area contributed by atoms with Crippen LogP contribution in [0.1, 0.15) is 35.6 Å². The fourth-order valence-electron chi connectivity index (χ4n) is 3.93. The predicted octanol–water partition coefficient (Wildman–Crippen LogP) is 2.35. The molecule has 1 unspecified atom stereocenters. The van der Waals surface area contributed by atoms with Gasteiger partial charge in [0.05, 0.1) is 24.3 Å². The summed E-state index contributed by atoms with van der Waals surface area (Å²) in [6.45, 7) is 4.74. The van der Waals surface area contributed by atoms with Crippen LogP contribution in [-0.4, -0.2) is 45.7 Å². The third-order valence-corrected chi connectivity index (χ3v) is 5.25. The molecule has 4 aromatic heterocycles.